The quantitative estimate of drug-likeness (QED) is 0.598. The number of rotatable bonds is 4. The fourth-order valence-corrected chi connectivity index (χ4v) is 2.09. The summed E-state index contributed by atoms with van der Waals surface area (Å²) in [5.41, 5.74) is 17.2. The molecule has 1 aliphatic rings. The summed E-state index contributed by atoms with van der Waals surface area (Å²) in [4.78, 5) is 22.0. The number of benzene rings is 1. The number of hydrogen-bond donors (Lipinski definition) is 4. The molecule has 0 aromatic heterocycles. The van der Waals surface area contributed by atoms with Crippen molar-refractivity contribution in [1.29, 1.82) is 0 Å². The molecule has 1 aliphatic carbocycles. The lowest BCUT2D eigenvalue weighted by atomic mass is 9.97. The van der Waals surface area contributed by atoms with Crippen molar-refractivity contribution in [3.63, 3.8) is 0 Å². The minimum atomic E-state index is -1.05. The molecule has 7 N–H and O–H groups in total. The van der Waals surface area contributed by atoms with E-state index in [-0.39, 0.29) is 6.54 Å². The third-order valence-electron chi connectivity index (χ3n) is 3.77. The molecule has 0 aliphatic heterocycles. The van der Waals surface area contributed by atoms with Crippen molar-refractivity contribution in [3.8, 4) is 0 Å². The number of carbonyl (C=O) groups excluding carboxylic acids is 1. The van der Waals surface area contributed by atoms with Gasteiger partial charge >= 0.3 is 5.97 Å². The van der Waals surface area contributed by atoms with Crippen LogP contribution in [0.3, 0.4) is 0 Å². The third kappa shape index (κ3) is 11.3. The summed E-state index contributed by atoms with van der Waals surface area (Å²) < 4.78 is 0. The molecule has 0 bridgehead atoms. The van der Waals surface area contributed by atoms with Crippen LogP contribution in [-0.4, -0.2) is 50.1 Å². The van der Waals surface area contributed by atoms with Crippen molar-refractivity contribution in [2.24, 2.45) is 17.2 Å². The Labute approximate surface area is 150 Å². The largest absolute Gasteiger partial charge is 0.480 e. The third-order valence-corrected chi connectivity index (χ3v) is 3.77. The summed E-state index contributed by atoms with van der Waals surface area (Å²) >= 11 is 0. The van der Waals surface area contributed by atoms with E-state index in [0.29, 0.717) is 6.04 Å². The number of carboxylic acid groups (broad SMARTS) is 1. The van der Waals surface area contributed by atoms with Crippen molar-refractivity contribution in [2.75, 3.05) is 25.5 Å². The zero-order chi connectivity index (χ0) is 19.2. The first-order chi connectivity index (χ1) is 11.8. The SMILES string of the molecule is CN(C)c1ccc(C=O)cc1.NC1CCCCC1.NC[C@H](N)C(=O)O. The number of nitrogens with zero attached hydrogens (tertiary/aromatic N) is 1. The number of aldehydes is 1. The predicted octanol–water partition coefficient (Wildman–Crippen LogP) is 1.20. The molecule has 7 nitrogen and oxygen atoms in total. The topological polar surface area (TPSA) is 136 Å². The van der Waals surface area contributed by atoms with Gasteiger partial charge in [-0.05, 0) is 37.1 Å². The zero-order valence-electron chi connectivity index (χ0n) is 15.2. The van der Waals surface area contributed by atoms with Crippen molar-refractivity contribution >= 4 is 17.9 Å². The van der Waals surface area contributed by atoms with Gasteiger partial charge in [0.25, 0.3) is 0 Å². The molecule has 0 radical (unpaired) electrons. The fraction of sp³-hybridized carbons (Fsp3) is 0.556. The number of carboxylic acids is 1. The second-order valence-electron chi connectivity index (χ2n) is 6.18. The van der Waals surface area contributed by atoms with E-state index in [1.54, 1.807) is 0 Å². The van der Waals surface area contributed by atoms with E-state index in [1.807, 2.05) is 43.3 Å². The summed E-state index contributed by atoms with van der Waals surface area (Å²) in [6.45, 7) is -0.00463. The highest BCUT2D eigenvalue weighted by Gasteiger charge is 2.06. The molecule has 0 amide bonds. The van der Waals surface area contributed by atoms with Crippen LogP contribution in [0.15, 0.2) is 24.3 Å². The Balaban J connectivity index is 0.000000362. The highest BCUT2D eigenvalue weighted by atomic mass is 16.4. The normalized spacial score (nSPS) is 14.9. The molecule has 0 saturated heterocycles. The molecule has 1 aromatic carbocycles. The van der Waals surface area contributed by atoms with E-state index < -0.39 is 12.0 Å². The maximum atomic E-state index is 10.3. The van der Waals surface area contributed by atoms with Gasteiger partial charge in [-0.1, -0.05) is 19.3 Å². The predicted molar refractivity (Wildman–Crippen MR) is 102 cm³/mol. The van der Waals surface area contributed by atoms with Gasteiger partial charge in [-0.15, -0.1) is 0 Å². The van der Waals surface area contributed by atoms with Gasteiger partial charge in [-0.3, -0.25) is 9.59 Å². The summed E-state index contributed by atoms with van der Waals surface area (Å²) in [5, 5.41) is 7.98. The Kier molecular flexibility index (Phi) is 12.3. The minimum absolute atomic E-state index is 0.00463. The van der Waals surface area contributed by atoms with Gasteiger partial charge in [0.1, 0.15) is 12.3 Å². The molecule has 1 atom stereocenters. The van der Waals surface area contributed by atoms with Gasteiger partial charge < -0.3 is 27.2 Å². The molecule has 25 heavy (non-hydrogen) atoms. The van der Waals surface area contributed by atoms with Crippen LogP contribution in [0.5, 0.6) is 0 Å². The number of anilines is 1. The van der Waals surface area contributed by atoms with E-state index in [1.165, 1.54) is 32.1 Å². The number of aliphatic carboxylic acids is 1. The molecule has 7 heteroatoms. The lowest BCUT2D eigenvalue weighted by Crippen LogP contribution is -2.37. The standard InChI is InChI=1S/C9H11NO.C6H13N.C3H8N2O2/c1-10(2)9-5-3-8(7-11)4-6-9;7-6-4-2-1-3-5-6;4-1-2(5)3(6)7/h3-7H,1-2H3;6H,1-5,7H2;2H,1,4-5H2,(H,6,7)/t;;2-/m..0/s1. The molecule has 0 spiro atoms. The molecule has 1 aromatic rings. The summed E-state index contributed by atoms with van der Waals surface area (Å²) in [7, 11) is 3.94. The Morgan fingerprint density at radius 3 is 2.00 bits per heavy atom. The van der Waals surface area contributed by atoms with E-state index in [9.17, 15) is 9.59 Å². The van der Waals surface area contributed by atoms with Gasteiger partial charge in [0.05, 0.1) is 0 Å². The summed E-state index contributed by atoms with van der Waals surface area (Å²) in [6, 6.07) is 7.09. The van der Waals surface area contributed by atoms with Gasteiger partial charge in [-0.25, -0.2) is 0 Å². The van der Waals surface area contributed by atoms with Gasteiger partial charge in [0.15, 0.2) is 0 Å². The second-order valence-corrected chi connectivity index (χ2v) is 6.18. The molecule has 0 unspecified atom stereocenters. The number of nitrogens with two attached hydrogens (primary N) is 3. The van der Waals surface area contributed by atoms with E-state index in [4.69, 9.17) is 22.3 Å². The Bertz CT molecular complexity index is 486. The first-order valence-corrected chi connectivity index (χ1v) is 8.48. The second kappa shape index (κ2) is 13.3. The van der Waals surface area contributed by atoms with Gasteiger partial charge in [0, 0.05) is 37.9 Å². The number of hydrogen-bond acceptors (Lipinski definition) is 6. The average molecular weight is 352 g/mol. The molecule has 1 saturated carbocycles. The average Bonchev–Trinajstić information content (AvgIpc) is 2.62. The molecule has 2 rings (SSSR count). The van der Waals surface area contributed by atoms with E-state index in [2.05, 4.69) is 0 Å². The lowest BCUT2D eigenvalue weighted by Gasteiger charge is -2.15. The number of carbonyl (C=O) groups is 2. The first-order valence-electron chi connectivity index (χ1n) is 8.48. The van der Waals surface area contributed by atoms with E-state index >= 15 is 0 Å². The van der Waals surface area contributed by atoms with Gasteiger partial charge in [0.2, 0.25) is 0 Å². The molecule has 1 fully saturated rings. The van der Waals surface area contributed by atoms with Gasteiger partial charge in [-0.2, -0.15) is 0 Å². The zero-order valence-corrected chi connectivity index (χ0v) is 15.2. The fourth-order valence-electron chi connectivity index (χ4n) is 2.09. The highest BCUT2D eigenvalue weighted by molar-refractivity contribution is 5.75. The smallest absolute Gasteiger partial charge is 0.321 e. The van der Waals surface area contributed by atoms with Crippen molar-refractivity contribution < 1.29 is 14.7 Å². The molecule has 142 valence electrons. The van der Waals surface area contributed by atoms with E-state index in [0.717, 1.165) is 17.5 Å². The molecule has 0 heterocycles. The first kappa shape index (κ1) is 23.0. The minimum Gasteiger partial charge on any atom is -0.480 e. The van der Waals surface area contributed by atoms with Crippen LogP contribution in [0.2, 0.25) is 0 Å². The molecular weight excluding hydrogens is 320 g/mol. The Morgan fingerprint density at radius 1 is 1.24 bits per heavy atom. The van der Waals surface area contributed by atoms with Crippen molar-refractivity contribution in [1.82, 2.24) is 0 Å². The Morgan fingerprint density at radius 2 is 1.76 bits per heavy atom. The van der Waals surface area contributed by atoms with Crippen LogP contribution in [-0.2, 0) is 4.79 Å². The maximum absolute atomic E-state index is 10.3. The maximum Gasteiger partial charge on any atom is 0.321 e. The summed E-state index contributed by atoms with van der Waals surface area (Å²) in [5.74, 6) is -1.05. The van der Waals surface area contributed by atoms with Crippen LogP contribution in [0.25, 0.3) is 0 Å². The highest BCUT2D eigenvalue weighted by Crippen LogP contribution is 2.14. The van der Waals surface area contributed by atoms with Crippen LogP contribution in [0.4, 0.5) is 5.69 Å². The van der Waals surface area contributed by atoms with Crippen molar-refractivity contribution in [2.45, 2.75) is 44.2 Å². The van der Waals surface area contributed by atoms with Crippen LogP contribution in [0.1, 0.15) is 42.5 Å². The Hall–Kier alpha value is -1.96. The van der Waals surface area contributed by atoms with Crippen LogP contribution in [0, 0.1) is 0 Å². The van der Waals surface area contributed by atoms with Crippen LogP contribution >= 0.6 is 0 Å². The van der Waals surface area contributed by atoms with Crippen molar-refractivity contribution in [3.05, 3.63) is 29.8 Å². The monoisotopic (exact) mass is 352 g/mol. The lowest BCUT2D eigenvalue weighted by molar-refractivity contribution is -0.138. The van der Waals surface area contributed by atoms with Crippen LogP contribution < -0.4 is 22.1 Å². The molecular formula is C18H32N4O3. The summed E-state index contributed by atoms with van der Waals surface area (Å²) in [6.07, 6.45) is 7.51.